The zero-order valence-corrected chi connectivity index (χ0v) is 19.6. The number of hydrogen-bond donors (Lipinski definition) is 2. The van der Waals surface area contributed by atoms with Gasteiger partial charge in [0, 0.05) is 39.6 Å². The molecule has 2 aromatic heterocycles. The lowest BCUT2D eigenvalue weighted by Crippen LogP contribution is -2.32. The van der Waals surface area contributed by atoms with Gasteiger partial charge in [-0.3, -0.25) is 9.78 Å². The van der Waals surface area contributed by atoms with E-state index >= 15 is 0 Å². The Balaban J connectivity index is 1.51. The lowest BCUT2D eigenvalue weighted by molar-refractivity contribution is -0.116. The SMILES string of the molecule is Cc1ccc(NC(=O)CCN2C(=S)NC(c3ccccn3)C2c2cc(Br)cs2)cc1. The van der Waals surface area contributed by atoms with Crippen molar-refractivity contribution in [2.45, 2.75) is 25.4 Å². The van der Waals surface area contributed by atoms with Gasteiger partial charge in [0.1, 0.15) is 0 Å². The van der Waals surface area contributed by atoms with Crippen molar-refractivity contribution in [2.24, 2.45) is 0 Å². The van der Waals surface area contributed by atoms with Gasteiger partial charge in [0.05, 0.1) is 17.8 Å². The molecule has 1 fully saturated rings. The fraction of sp³-hybridized carbons (Fsp3) is 0.227. The highest BCUT2D eigenvalue weighted by molar-refractivity contribution is 9.10. The highest BCUT2D eigenvalue weighted by Gasteiger charge is 2.40. The van der Waals surface area contributed by atoms with Crippen molar-refractivity contribution in [1.29, 1.82) is 0 Å². The first kappa shape index (κ1) is 21.0. The highest BCUT2D eigenvalue weighted by Crippen LogP contribution is 2.41. The van der Waals surface area contributed by atoms with Crippen LogP contribution in [0.15, 0.2) is 64.6 Å². The van der Waals surface area contributed by atoms with Gasteiger partial charge in [-0.15, -0.1) is 11.3 Å². The lowest BCUT2D eigenvalue weighted by atomic mass is 10.0. The van der Waals surface area contributed by atoms with Gasteiger partial charge in [-0.2, -0.15) is 0 Å². The summed E-state index contributed by atoms with van der Waals surface area (Å²) in [5.74, 6) is -0.0333. The first-order chi connectivity index (χ1) is 14.5. The third-order valence-electron chi connectivity index (χ3n) is 4.99. The van der Waals surface area contributed by atoms with E-state index in [9.17, 15) is 4.79 Å². The number of pyridine rings is 1. The molecule has 3 heterocycles. The van der Waals surface area contributed by atoms with Crippen molar-refractivity contribution in [3.8, 4) is 0 Å². The number of hydrogen-bond acceptors (Lipinski definition) is 4. The Bertz CT molecular complexity index is 1040. The van der Waals surface area contributed by atoms with Gasteiger partial charge in [-0.05, 0) is 65.4 Å². The number of carbonyl (C=O) groups excluding carboxylic acids is 1. The number of thiophene rings is 1. The van der Waals surface area contributed by atoms with Crippen molar-refractivity contribution in [2.75, 3.05) is 11.9 Å². The van der Waals surface area contributed by atoms with E-state index in [0.29, 0.717) is 18.1 Å². The molecular weight excluding hydrogens is 480 g/mol. The Morgan fingerprint density at radius 3 is 2.77 bits per heavy atom. The van der Waals surface area contributed by atoms with Crippen LogP contribution < -0.4 is 10.6 Å². The number of anilines is 1. The van der Waals surface area contributed by atoms with Gasteiger partial charge in [0.2, 0.25) is 5.91 Å². The topological polar surface area (TPSA) is 57.3 Å². The summed E-state index contributed by atoms with van der Waals surface area (Å²) >= 11 is 10.9. The molecule has 0 spiro atoms. The summed E-state index contributed by atoms with van der Waals surface area (Å²) in [6.45, 7) is 2.54. The molecule has 1 aliphatic rings. The maximum atomic E-state index is 12.5. The predicted octanol–water partition coefficient (Wildman–Crippen LogP) is 5.22. The zero-order valence-electron chi connectivity index (χ0n) is 16.3. The minimum atomic E-state index is -0.0654. The average molecular weight is 501 g/mol. The molecule has 154 valence electrons. The monoisotopic (exact) mass is 500 g/mol. The summed E-state index contributed by atoms with van der Waals surface area (Å²) in [5, 5.41) is 9.08. The molecule has 0 bridgehead atoms. The molecule has 1 aliphatic heterocycles. The molecule has 1 amide bonds. The Kier molecular flexibility index (Phi) is 6.46. The second-order valence-electron chi connectivity index (χ2n) is 7.15. The summed E-state index contributed by atoms with van der Waals surface area (Å²) in [4.78, 5) is 20.3. The number of nitrogens with zero attached hydrogens (tertiary/aromatic N) is 2. The van der Waals surface area contributed by atoms with Crippen LogP contribution in [0.3, 0.4) is 0 Å². The number of aryl methyl sites for hydroxylation is 1. The molecule has 3 aromatic rings. The minimum Gasteiger partial charge on any atom is -0.352 e. The van der Waals surface area contributed by atoms with Crippen LogP contribution in [0.5, 0.6) is 0 Å². The molecule has 2 atom stereocenters. The van der Waals surface area contributed by atoms with E-state index in [0.717, 1.165) is 21.4 Å². The molecule has 2 unspecified atom stereocenters. The van der Waals surface area contributed by atoms with Crippen molar-refractivity contribution in [3.05, 3.63) is 80.7 Å². The molecule has 0 aliphatic carbocycles. The molecule has 1 saturated heterocycles. The second kappa shape index (κ2) is 9.24. The van der Waals surface area contributed by atoms with E-state index in [-0.39, 0.29) is 18.0 Å². The van der Waals surface area contributed by atoms with Crippen molar-refractivity contribution in [1.82, 2.24) is 15.2 Å². The van der Waals surface area contributed by atoms with Crippen molar-refractivity contribution in [3.63, 3.8) is 0 Å². The summed E-state index contributed by atoms with van der Waals surface area (Å²) in [6, 6.07) is 15.7. The minimum absolute atomic E-state index is 0.0177. The number of rotatable bonds is 6. The number of nitrogens with one attached hydrogen (secondary N) is 2. The van der Waals surface area contributed by atoms with Crippen LogP contribution >= 0.6 is 39.5 Å². The Morgan fingerprint density at radius 1 is 1.30 bits per heavy atom. The molecule has 0 radical (unpaired) electrons. The molecule has 1 aromatic carbocycles. The quantitative estimate of drug-likeness (QED) is 0.454. The van der Waals surface area contributed by atoms with E-state index in [1.165, 1.54) is 4.88 Å². The zero-order chi connectivity index (χ0) is 21.1. The second-order valence-corrected chi connectivity index (χ2v) is 9.40. The number of benzene rings is 1. The molecule has 4 rings (SSSR count). The number of amides is 1. The van der Waals surface area contributed by atoms with Gasteiger partial charge in [0.25, 0.3) is 0 Å². The first-order valence-electron chi connectivity index (χ1n) is 9.60. The fourth-order valence-electron chi connectivity index (χ4n) is 3.52. The van der Waals surface area contributed by atoms with Gasteiger partial charge in [0.15, 0.2) is 5.11 Å². The van der Waals surface area contributed by atoms with Crippen LogP contribution in [0.1, 0.15) is 34.6 Å². The first-order valence-corrected chi connectivity index (χ1v) is 11.7. The van der Waals surface area contributed by atoms with Crippen LogP contribution in [0, 0.1) is 6.92 Å². The number of aromatic nitrogens is 1. The van der Waals surface area contributed by atoms with Crippen LogP contribution in [-0.4, -0.2) is 27.4 Å². The third-order valence-corrected chi connectivity index (χ3v) is 7.11. The Labute approximate surface area is 193 Å². The van der Waals surface area contributed by atoms with E-state index in [4.69, 9.17) is 12.2 Å². The van der Waals surface area contributed by atoms with Crippen molar-refractivity contribution < 1.29 is 4.79 Å². The van der Waals surface area contributed by atoms with Crippen LogP contribution in [0.25, 0.3) is 0 Å². The Morgan fingerprint density at radius 2 is 2.10 bits per heavy atom. The normalized spacial score (nSPS) is 18.3. The number of halogens is 1. The summed E-state index contributed by atoms with van der Waals surface area (Å²) in [6.07, 6.45) is 2.13. The van der Waals surface area contributed by atoms with E-state index in [2.05, 4.69) is 47.9 Å². The summed E-state index contributed by atoms with van der Waals surface area (Å²) < 4.78 is 1.04. The number of thiocarbonyl (C=S) groups is 1. The molecular formula is C22H21BrN4OS2. The smallest absolute Gasteiger partial charge is 0.226 e. The van der Waals surface area contributed by atoms with Gasteiger partial charge in [-0.25, -0.2) is 0 Å². The predicted molar refractivity (Wildman–Crippen MR) is 129 cm³/mol. The molecule has 0 saturated carbocycles. The van der Waals surface area contributed by atoms with Gasteiger partial charge >= 0.3 is 0 Å². The van der Waals surface area contributed by atoms with Gasteiger partial charge in [-0.1, -0.05) is 23.8 Å². The Hall–Kier alpha value is -2.29. The molecule has 2 N–H and O–H groups in total. The number of carbonyl (C=O) groups is 1. The lowest BCUT2D eigenvalue weighted by Gasteiger charge is -2.26. The maximum absolute atomic E-state index is 12.5. The molecule has 30 heavy (non-hydrogen) atoms. The highest BCUT2D eigenvalue weighted by atomic mass is 79.9. The van der Waals surface area contributed by atoms with E-state index in [1.54, 1.807) is 17.5 Å². The van der Waals surface area contributed by atoms with Crippen LogP contribution in [0.4, 0.5) is 5.69 Å². The molecule has 8 heteroatoms. The van der Waals surface area contributed by atoms with Gasteiger partial charge < -0.3 is 15.5 Å². The summed E-state index contributed by atoms with van der Waals surface area (Å²) in [7, 11) is 0. The average Bonchev–Trinajstić information content (AvgIpc) is 3.31. The standard InChI is InChI=1S/C22H21BrN4OS2/c1-14-5-7-16(8-6-14)25-19(28)9-11-27-21(18-12-15(23)13-30-18)20(26-22(27)29)17-4-2-3-10-24-17/h2-8,10,12-13,20-21H,9,11H2,1H3,(H,25,28)(H,26,29). The largest absolute Gasteiger partial charge is 0.352 e. The third kappa shape index (κ3) is 4.71. The summed E-state index contributed by atoms with van der Waals surface area (Å²) in [5.41, 5.74) is 2.89. The fourth-order valence-corrected chi connectivity index (χ4v) is 5.45. The molecule has 5 nitrogen and oxygen atoms in total. The maximum Gasteiger partial charge on any atom is 0.226 e. The van der Waals surface area contributed by atoms with E-state index in [1.807, 2.05) is 49.4 Å². The van der Waals surface area contributed by atoms with Crippen LogP contribution in [0.2, 0.25) is 0 Å². The van der Waals surface area contributed by atoms with E-state index < -0.39 is 0 Å². The van der Waals surface area contributed by atoms with Crippen molar-refractivity contribution >= 4 is 56.2 Å². The van der Waals surface area contributed by atoms with Crippen LogP contribution in [-0.2, 0) is 4.79 Å².